The molecule has 1 N–H and O–H groups in total. The fourth-order valence-corrected chi connectivity index (χ4v) is 2.59. The zero-order chi connectivity index (χ0) is 13.7. The Balaban J connectivity index is 2.15. The van der Waals surface area contributed by atoms with Gasteiger partial charge in [0.05, 0.1) is 0 Å². The smallest absolute Gasteiger partial charge is 0.0171 e. The molecule has 19 heavy (non-hydrogen) atoms. The second-order valence-electron chi connectivity index (χ2n) is 5.23. The van der Waals surface area contributed by atoms with E-state index >= 15 is 0 Å². The molecule has 0 saturated heterocycles. The summed E-state index contributed by atoms with van der Waals surface area (Å²) in [5.74, 6) is 0.505. The molecular formula is C18H23N. The molecule has 0 heterocycles. The summed E-state index contributed by atoms with van der Waals surface area (Å²) in [4.78, 5) is 0. The Bertz CT molecular complexity index is 504. The van der Waals surface area contributed by atoms with Gasteiger partial charge in [-0.05, 0) is 43.0 Å². The van der Waals surface area contributed by atoms with E-state index < -0.39 is 0 Å². The van der Waals surface area contributed by atoms with Crippen LogP contribution in [0, 0.1) is 6.92 Å². The quantitative estimate of drug-likeness (QED) is 0.851. The average Bonchev–Trinajstić information content (AvgIpc) is 2.47. The lowest BCUT2D eigenvalue weighted by molar-refractivity contribution is 0.482. The lowest BCUT2D eigenvalue weighted by atomic mass is 9.88. The van der Waals surface area contributed by atoms with Crippen molar-refractivity contribution in [1.82, 2.24) is 5.32 Å². The third kappa shape index (κ3) is 3.45. The minimum absolute atomic E-state index is 0.462. The lowest BCUT2D eigenvalue weighted by Gasteiger charge is -2.25. The summed E-state index contributed by atoms with van der Waals surface area (Å²) in [6.45, 7) is 4.49. The second kappa shape index (κ2) is 6.53. The first-order valence-corrected chi connectivity index (χ1v) is 6.99. The van der Waals surface area contributed by atoms with Gasteiger partial charge in [-0.3, -0.25) is 0 Å². The highest BCUT2D eigenvalue weighted by Gasteiger charge is 2.18. The summed E-state index contributed by atoms with van der Waals surface area (Å²) < 4.78 is 0. The van der Waals surface area contributed by atoms with Crippen molar-refractivity contribution in [3.63, 3.8) is 0 Å². The maximum Gasteiger partial charge on any atom is 0.0171 e. The lowest BCUT2D eigenvalue weighted by Crippen LogP contribution is -2.33. The molecular weight excluding hydrogens is 230 g/mol. The molecule has 0 aromatic heterocycles. The molecule has 0 saturated carbocycles. The van der Waals surface area contributed by atoms with Gasteiger partial charge in [-0.1, -0.05) is 61.5 Å². The number of rotatable bonds is 5. The number of nitrogens with one attached hydrogen (secondary N) is 1. The molecule has 1 nitrogen and oxygen atoms in total. The Morgan fingerprint density at radius 3 is 2.21 bits per heavy atom. The number of benzene rings is 2. The Kier molecular flexibility index (Phi) is 4.75. The number of hydrogen-bond donors (Lipinski definition) is 1. The zero-order valence-corrected chi connectivity index (χ0v) is 12.1. The molecule has 100 valence electrons. The van der Waals surface area contributed by atoms with E-state index in [1.54, 1.807) is 0 Å². The van der Waals surface area contributed by atoms with Crippen molar-refractivity contribution in [2.45, 2.75) is 32.2 Å². The molecule has 2 atom stereocenters. The van der Waals surface area contributed by atoms with Crippen molar-refractivity contribution in [3.8, 4) is 0 Å². The van der Waals surface area contributed by atoms with Crippen molar-refractivity contribution >= 4 is 0 Å². The highest BCUT2D eigenvalue weighted by Crippen LogP contribution is 2.22. The van der Waals surface area contributed by atoms with Crippen LogP contribution in [0.2, 0.25) is 0 Å². The van der Waals surface area contributed by atoms with Gasteiger partial charge in [0.25, 0.3) is 0 Å². The van der Waals surface area contributed by atoms with Crippen LogP contribution < -0.4 is 5.32 Å². The number of hydrogen-bond acceptors (Lipinski definition) is 1. The van der Waals surface area contributed by atoms with E-state index in [2.05, 4.69) is 80.8 Å². The average molecular weight is 253 g/mol. The van der Waals surface area contributed by atoms with Gasteiger partial charge in [0.1, 0.15) is 0 Å². The first-order valence-electron chi connectivity index (χ1n) is 6.99. The molecule has 0 amide bonds. The molecule has 0 fully saturated rings. The highest BCUT2D eigenvalue weighted by molar-refractivity contribution is 5.28. The summed E-state index contributed by atoms with van der Waals surface area (Å²) >= 11 is 0. The Hall–Kier alpha value is -1.60. The number of aryl methyl sites for hydroxylation is 1. The van der Waals surface area contributed by atoms with Crippen LogP contribution in [0.1, 0.15) is 29.5 Å². The molecule has 0 bridgehead atoms. The SMILES string of the molecule is CNC(Cc1ccccc1C)C(C)c1ccccc1. The molecule has 0 aliphatic heterocycles. The summed E-state index contributed by atoms with van der Waals surface area (Å²) in [5, 5.41) is 3.48. The normalized spacial score (nSPS) is 14.1. The minimum Gasteiger partial charge on any atom is -0.316 e. The monoisotopic (exact) mass is 253 g/mol. The Morgan fingerprint density at radius 2 is 1.58 bits per heavy atom. The molecule has 2 rings (SSSR count). The van der Waals surface area contributed by atoms with E-state index in [0.29, 0.717) is 12.0 Å². The van der Waals surface area contributed by atoms with Crippen molar-refractivity contribution in [2.75, 3.05) is 7.05 Å². The Morgan fingerprint density at radius 1 is 0.947 bits per heavy atom. The van der Waals surface area contributed by atoms with Gasteiger partial charge in [-0.25, -0.2) is 0 Å². The Labute approximate surface area is 116 Å². The van der Waals surface area contributed by atoms with E-state index in [-0.39, 0.29) is 0 Å². The van der Waals surface area contributed by atoms with E-state index in [0.717, 1.165) is 6.42 Å². The van der Waals surface area contributed by atoms with Crippen molar-refractivity contribution < 1.29 is 0 Å². The topological polar surface area (TPSA) is 12.0 Å². The third-order valence-corrected chi connectivity index (χ3v) is 4.00. The molecule has 2 unspecified atom stereocenters. The standard InChI is InChI=1S/C18H23N/c1-14-9-7-8-12-17(14)13-18(19-3)15(2)16-10-5-4-6-11-16/h4-12,15,18-19H,13H2,1-3H3. The van der Waals surface area contributed by atoms with E-state index in [1.165, 1.54) is 16.7 Å². The molecule has 0 aliphatic carbocycles. The zero-order valence-electron chi connectivity index (χ0n) is 12.1. The first kappa shape index (κ1) is 13.8. The predicted molar refractivity (Wildman–Crippen MR) is 82.6 cm³/mol. The second-order valence-corrected chi connectivity index (χ2v) is 5.23. The predicted octanol–water partition coefficient (Wildman–Crippen LogP) is 3.93. The van der Waals surface area contributed by atoms with Crippen LogP contribution in [-0.4, -0.2) is 13.1 Å². The molecule has 1 heteroatoms. The molecule has 0 radical (unpaired) electrons. The van der Waals surface area contributed by atoms with E-state index in [9.17, 15) is 0 Å². The molecule has 0 spiro atoms. The summed E-state index contributed by atoms with van der Waals surface area (Å²) in [5.41, 5.74) is 4.21. The maximum atomic E-state index is 3.48. The van der Waals surface area contributed by atoms with Crippen molar-refractivity contribution in [1.29, 1.82) is 0 Å². The van der Waals surface area contributed by atoms with Crippen LogP contribution in [0.5, 0.6) is 0 Å². The van der Waals surface area contributed by atoms with E-state index in [4.69, 9.17) is 0 Å². The van der Waals surface area contributed by atoms with Crippen LogP contribution in [0.25, 0.3) is 0 Å². The van der Waals surface area contributed by atoms with Gasteiger partial charge in [-0.15, -0.1) is 0 Å². The van der Waals surface area contributed by atoms with Gasteiger partial charge in [0.2, 0.25) is 0 Å². The highest BCUT2D eigenvalue weighted by atomic mass is 14.9. The maximum absolute atomic E-state index is 3.48. The molecule has 2 aromatic carbocycles. The summed E-state index contributed by atoms with van der Waals surface area (Å²) in [6, 6.07) is 19.9. The largest absolute Gasteiger partial charge is 0.316 e. The van der Waals surface area contributed by atoms with Crippen LogP contribution in [0.4, 0.5) is 0 Å². The van der Waals surface area contributed by atoms with E-state index in [1.807, 2.05) is 0 Å². The van der Waals surface area contributed by atoms with Gasteiger partial charge in [-0.2, -0.15) is 0 Å². The van der Waals surface area contributed by atoms with Gasteiger partial charge in [0.15, 0.2) is 0 Å². The molecule has 2 aromatic rings. The molecule has 0 aliphatic rings. The number of likely N-dealkylation sites (N-methyl/N-ethyl adjacent to an activating group) is 1. The van der Waals surface area contributed by atoms with Gasteiger partial charge < -0.3 is 5.32 Å². The first-order chi connectivity index (χ1) is 9.22. The van der Waals surface area contributed by atoms with Crippen LogP contribution in [0.15, 0.2) is 54.6 Å². The van der Waals surface area contributed by atoms with Gasteiger partial charge in [0, 0.05) is 6.04 Å². The minimum atomic E-state index is 0.462. The van der Waals surface area contributed by atoms with Crippen molar-refractivity contribution in [2.24, 2.45) is 0 Å². The van der Waals surface area contributed by atoms with Crippen LogP contribution in [0.3, 0.4) is 0 Å². The van der Waals surface area contributed by atoms with Crippen LogP contribution >= 0.6 is 0 Å². The fraction of sp³-hybridized carbons (Fsp3) is 0.333. The summed E-state index contributed by atoms with van der Waals surface area (Å²) in [6.07, 6.45) is 1.07. The third-order valence-electron chi connectivity index (χ3n) is 4.00. The van der Waals surface area contributed by atoms with Crippen LogP contribution in [-0.2, 0) is 6.42 Å². The van der Waals surface area contributed by atoms with Crippen molar-refractivity contribution in [3.05, 3.63) is 71.3 Å². The summed E-state index contributed by atoms with van der Waals surface area (Å²) in [7, 11) is 2.06. The van der Waals surface area contributed by atoms with Gasteiger partial charge >= 0.3 is 0 Å². The fourth-order valence-electron chi connectivity index (χ4n) is 2.59.